The van der Waals surface area contributed by atoms with Crippen LogP contribution in [0.25, 0.3) is 5.69 Å². The molecule has 0 saturated heterocycles. The number of halogens is 1. The smallest absolute Gasteiger partial charge is 0.257 e. The van der Waals surface area contributed by atoms with Crippen LogP contribution in [0.3, 0.4) is 0 Å². The number of carbonyl (C=O) groups excluding carboxylic acids is 1. The van der Waals surface area contributed by atoms with E-state index in [0.717, 1.165) is 5.82 Å². The van der Waals surface area contributed by atoms with E-state index in [0.29, 0.717) is 22.0 Å². The molecule has 8 heteroatoms. The molecule has 0 spiro atoms. The third kappa shape index (κ3) is 3.36. The van der Waals surface area contributed by atoms with Crippen LogP contribution < -0.4 is 10.2 Å². The van der Waals surface area contributed by atoms with E-state index < -0.39 is 0 Å². The van der Waals surface area contributed by atoms with E-state index >= 15 is 0 Å². The van der Waals surface area contributed by atoms with Gasteiger partial charge in [-0.3, -0.25) is 4.79 Å². The number of amides is 1. The molecule has 1 N–H and O–H groups in total. The predicted molar refractivity (Wildman–Crippen MR) is 92.9 cm³/mol. The van der Waals surface area contributed by atoms with Gasteiger partial charge in [-0.2, -0.15) is 5.10 Å². The first kappa shape index (κ1) is 15.9. The summed E-state index contributed by atoms with van der Waals surface area (Å²) in [6.07, 6.45) is 4.50. The molecule has 1 amide bonds. The van der Waals surface area contributed by atoms with E-state index in [4.69, 9.17) is 11.6 Å². The van der Waals surface area contributed by atoms with Gasteiger partial charge in [0.15, 0.2) is 0 Å². The molecule has 0 aliphatic rings. The lowest BCUT2D eigenvalue weighted by Crippen LogP contribution is -2.15. The van der Waals surface area contributed by atoms with Gasteiger partial charge >= 0.3 is 0 Å². The molecule has 1 aromatic carbocycles. The van der Waals surface area contributed by atoms with Crippen molar-refractivity contribution < 1.29 is 4.79 Å². The number of hydrogen-bond donors (Lipinski definition) is 1. The fourth-order valence-corrected chi connectivity index (χ4v) is 2.29. The summed E-state index contributed by atoms with van der Waals surface area (Å²) in [4.78, 5) is 22.5. The fourth-order valence-electron chi connectivity index (χ4n) is 2.12. The first-order valence-corrected chi connectivity index (χ1v) is 7.51. The molecular formula is C16H15ClN6O. The molecule has 3 aromatic rings. The average Bonchev–Trinajstić information content (AvgIpc) is 3.09. The highest BCUT2D eigenvalue weighted by atomic mass is 35.5. The lowest BCUT2D eigenvalue weighted by Gasteiger charge is -2.13. The Bertz CT molecular complexity index is 846. The quantitative estimate of drug-likeness (QED) is 0.788. The van der Waals surface area contributed by atoms with Crippen molar-refractivity contribution in [1.82, 2.24) is 19.7 Å². The van der Waals surface area contributed by atoms with Gasteiger partial charge < -0.3 is 10.2 Å². The molecule has 0 aliphatic carbocycles. The standard InChI is InChI=1S/C16H15ClN6O/c1-22(2)15-6-3-11(8-19-15)16(24)21-13-7-12(17)4-5-14(13)23-10-18-9-20-23/h3-10H,1-2H3,(H,21,24). The first-order chi connectivity index (χ1) is 11.5. The Morgan fingerprint density at radius 2 is 2.08 bits per heavy atom. The zero-order valence-electron chi connectivity index (χ0n) is 13.1. The molecule has 24 heavy (non-hydrogen) atoms. The number of pyridine rings is 1. The lowest BCUT2D eigenvalue weighted by atomic mass is 10.2. The van der Waals surface area contributed by atoms with Crippen LogP contribution in [-0.4, -0.2) is 39.8 Å². The maximum absolute atomic E-state index is 12.5. The Kier molecular flexibility index (Phi) is 4.43. The molecule has 0 bridgehead atoms. The highest BCUT2D eigenvalue weighted by molar-refractivity contribution is 6.31. The lowest BCUT2D eigenvalue weighted by molar-refractivity contribution is 0.102. The number of carbonyl (C=O) groups is 1. The zero-order chi connectivity index (χ0) is 17.1. The van der Waals surface area contributed by atoms with E-state index in [9.17, 15) is 4.79 Å². The molecular weight excluding hydrogens is 328 g/mol. The number of nitrogens with zero attached hydrogens (tertiary/aromatic N) is 5. The number of aromatic nitrogens is 4. The van der Waals surface area contributed by atoms with E-state index in [1.165, 1.54) is 12.5 Å². The minimum atomic E-state index is -0.281. The second kappa shape index (κ2) is 6.67. The van der Waals surface area contributed by atoms with Crippen molar-refractivity contribution in [3.63, 3.8) is 0 Å². The van der Waals surface area contributed by atoms with Crippen molar-refractivity contribution in [3.8, 4) is 5.69 Å². The molecule has 0 saturated carbocycles. The van der Waals surface area contributed by atoms with Crippen molar-refractivity contribution in [2.75, 3.05) is 24.3 Å². The number of hydrogen-bond acceptors (Lipinski definition) is 5. The van der Waals surface area contributed by atoms with Crippen LogP contribution in [0.4, 0.5) is 11.5 Å². The highest BCUT2D eigenvalue weighted by Crippen LogP contribution is 2.24. The van der Waals surface area contributed by atoms with E-state index in [1.807, 2.05) is 19.0 Å². The van der Waals surface area contributed by atoms with Gasteiger partial charge in [-0.25, -0.2) is 14.6 Å². The third-order valence-electron chi connectivity index (χ3n) is 3.34. The maximum Gasteiger partial charge on any atom is 0.257 e. The molecule has 0 radical (unpaired) electrons. The first-order valence-electron chi connectivity index (χ1n) is 7.14. The molecule has 0 unspecified atom stereocenters. The molecule has 3 rings (SSSR count). The summed E-state index contributed by atoms with van der Waals surface area (Å²) < 4.78 is 1.55. The van der Waals surface area contributed by atoms with Crippen LogP contribution in [0, 0.1) is 0 Å². The van der Waals surface area contributed by atoms with Crippen molar-refractivity contribution in [2.45, 2.75) is 0 Å². The predicted octanol–water partition coefficient (Wildman–Crippen LogP) is 2.63. The Morgan fingerprint density at radius 3 is 2.71 bits per heavy atom. The van der Waals surface area contributed by atoms with E-state index in [-0.39, 0.29) is 5.91 Å². The van der Waals surface area contributed by atoms with Gasteiger partial charge in [0.2, 0.25) is 0 Å². The van der Waals surface area contributed by atoms with Crippen molar-refractivity contribution in [2.24, 2.45) is 0 Å². The molecule has 2 heterocycles. The van der Waals surface area contributed by atoms with Gasteiger partial charge in [0.1, 0.15) is 18.5 Å². The maximum atomic E-state index is 12.5. The second-order valence-corrected chi connectivity index (χ2v) is 5.69. The summed E-state index contributed by atoms with van der Waals surface area (Å²) in [6.45, 7) is 0. The van der Waals surface area contributed by atoms with Gasteiger partial charge in [0.05, 0.1) is 16.9 Å². The van der Waals surface area contributed by atoms with Crippen LogP contribution in [0.1, 0.15) is 10.4 Å². The highest BCUT2D eigenvalue weighted by Gasteiger charge is 2.12. The normalized spacial score (nSPS) is 10.5. The van der Waals surface area contributed by atoms with Crippen molar-refractivity contribution in [3.05, 3.63) is 59.8 Å². The minimum Gasteiger partial charge on any atom is -0.363 e. The summed E-state index contributed by atoms with van der Waals surface area (Å²) in [5.41, 5.74) is 1.66. The average molecular weight is 343 g/mol. The number of nitrogens with one attached hydrogen (secondary N) is 1. The summed E-state index contributed by atoms with van der Waals surface area (Å²) in [5, 5.41) is 7.43. The Hall–Kier alpha value is -2.93. The van der Waals surface area contributed by atoms with Gasteiger partial charge in [-0.1, -0.05) is 11.6 Å². The monoisotopic (exact) mass is 342 g/mol. The van der Waals surface area contributed by atoms with Crippen LogP contribution in [0.15, 0.2) is 49.2 Å². The molecule has 2 aromatic heterocycles. The van der Waals surface area contributed by atoms with Crippen LogP contribution in [0.2, 0.25) is 5.02 Å². The van der Waals surface area contributed by atoms with E-state index in [2.05, 4.69) is 20.4 Å². The molecule has 0 fully saturated rings. The molecule has 122 valence electrons. The minimum absolute atomic E-state index is 0.281. The van der Waals surface area contributed by atoms with Crippen LogP contribution >= 0.6 is 11.6 Å². The second-order valence-electron chi connectivity index (χ2n) is 5.26. The van der Waals surface area contributed by atoms with Gasteiger partial charge in [-0.05, 0) is 30.3 Å². The Morgan fingerprint density at radius 1 is 1.25 bits per heavy atom. The molecule has 0 aliphatic heterocycles. The fraction of sp³-hybridized carbons (Fsp3) is 0.125. The molecule has 7 nitrogen and oxygen atoms in total. The SMILES string of the molecule is CN(C)c1ccc(C(=O)Nc2cc(Cl)ccc2-n2cncn2)cn1. The van der Waals surface area contributed by atoms with Gasteiger partial charge in [0.25, 0.3) is 5.91 Å². The molecule has 0 atom stereocenters. The van der Waals surface area contributed by atoms with Gasteiger partial charge in [0, 0.05) is 25.3 Å². The largest absolute Gasteiger partial charge is 0.363 e. The van der Waals surface area contributed by atoms with Gasteiger partial charge in [-0.15, -0.1) is 0 Å². The number of anilines is 2. The van der Waals surface area contributed by atoms with E-state index in [1.54, 1.807) is 41.3 Å². The summed E-state index contributed by atoms with van der Waals surface area (Å²) in [6, 6.07) is 8.66. The topological polar surface area (TPSA) is 75.9 Å². The zero-order valence-corrected chi connectivity index (χ0v) is 13.9. The van der Waals surface area contributed by atoms with Crippen LogP contribution in [0.5, 0.6) is 0 Å². The van der Waals surface area contributed by atoms with Crippen molar-refractivity contribution >= 4 is 29.0 Å². The Labute approximate surface area is 143 Å². The summed E-state index contributed by atoms with van der Waals surface area (Å²) in [5.74, 6) is 0.494. The third-order valence-corrected chi connectivity index (χ3v) is 3.58. The number of benzene rings is 1. The summed E-state index contributed by atoms with van der Waals surface area (Å²) in [7, 11) is 3.77. The van der Waals surface area contributed by atoms with Crippen molar-refractivity contribution in [1.29, 1.82) is 0 Å². The Balaban J connectivity index is 1.88. The number of rotatable bonds is 4. The summed E-state index contributed by atoms with van der Waals surface area (Å²) >= 11 is 6.05. The van der Waals surface area contributed by atoms with Crippen LogP contribution in [-0.2, 0) is 0 Å².